The molecule has 0 aliphatic rings. The SMILES string of the molecule is COc1ccc(C(C)NC(=O)C(C)N(c2ccc(OC)cc2)S(C)(=O)=O)cc1. The Hall–Kier alpha value is -2.74. The smallest absolute Gasteiger partial charge is 0.244 e. The minimum Gasteiger partial charge on any atom is -0.497 e. The van der Waals surface area contributed by atoms with Gasteiger partial charge in [0.05, 0.1) is 32.2 Å². The molecule has 2 atom stereocenters. The molecular weight excluding hydrogens is 380 g/mol. The number of carbonyl (C=O) groups is 1. The Morgan fingerprint density at radius 3 is 1.82 bits per heavy atom. The van der Waals surface area contributed by atoms with Gasteiger partial charge in [0.2, 0.25) is 15.9 Å². The number of ether oxygens (including phenoxy) is 2. The molecule has 0 spiro atoms. The van der Waals surface area contributed by atoms with E-state index in [-0.39, 0.29) is 6.04 Å². The van der Waals surface area contributed by atoms with Gasteiger partial charge in [0.25, 0.3) is 0 Å². The summed E-state index contributed by atoms with van der Waals surface area (Å²) in [5, 5.41) is 2.87. The first-order valence-electron chi connectivity index (χ1n) is 8.75. The first kappa shape index (κ1) is 21.6. The zero-order valence-electron chi connectivity index (χ0n) is 16.7. The van der Waals surface area contributed by atoms with Gasteiger partial charge in [-0.3, -0.25) is 9.10 Å². The van der Waals surface area contributed by atoms with Crippen LogP contribution in [0.2, 0.25) is 0 Å². The number of hydrogen-bond donors (Lipinski definition) is 1. The summed E-state index contributed by atoms with van der Waals surface area (Å²) in [4.78, 5) is 12.8. The topological polar surface area (TPSA) is 84.9 Å². The number of carbonyl (C=O) groups excluding carboxylic acids is 1. The van der Waals surface area contributed by atoms with Crippen LogP contribution in [0.15, 0.2) is 48.5 Å². The summed E-state index contributed by atoms with van der Waals surface area (Å²) >= 11 is 0. The van der Waals surface area contributed by atoms with Crippen LogP contribution in [-0.2, 0) is 14.8 Å². The number of rotatable bonds is 8. The summed E-state index contributed by atoms with van der Waals surface area (Å²) in [6, 6.07) is 12.6. The number of anilines is 1. The van der Waals surface area contributed by atoms with Gasteiger partial charge in [0.1, 0.15) is 17.5 Å². The van der Waals surface area contributed by atoms with Crippen LogP contribution < -0.4 is 19.1 Å². The van der Waals surface area contributed by atoms with Crippen molar-refractivity contribution in [2.24, 2.45) is 0 Å². The molecule has 0 fully saturated rings. The van der Waals surface area contributed by atoms with E-state index in [1.165, 1.54) is 7.11 Å². The van der Waals surface area contributed by atoms with Crippen LogP contribution in [0.4, 0.5) is 5.69 Å². The molecule has 2 unspecified atom stereocenters. The Morgan fingerprint density at radius 1 is 0.929 bits per heavy atom. The Morgan fingerprint density at radius 2 is 1.39 bits per heavy atom. The van der Waals surface area contributed by atoms with Crippen molar-refractivity contribution in [3.8, 4) is 11.5 Å². The maximum absolute atomic E-state index is 12.8. The molecule has 0 radical (unpaired) electrons. The van der Waals surface area contributed by atoms with Crippen molar-refractivity contribution in [3.63, 3.8) is 0 Å². The van der Waals surface area contributed by atoms with E-state index in [1.807, 2.05) is 31.2 Å². The number of benzene rings is 2. The van der Waals surface area contributed by atoms with E-state index < -0.39 is 22.0 Å². The Bertz CT molecular complexity index is 895. The lowest BCUT2D eigenvalue weighted by molar-refractivity contribution is -0.122. The average molecular weight is 407 g/mol. The highest BCUT2D eigenvalue weighted by atomic mass is 32.2. The van der Waals surface area contributed by atoms with Gasteiger partial charge in [-0.25, -0.2) is 8.42 Å². The second kappa shape index (κ2) is 8.97. The van der Waals surface area contributed by atoms with Gasteiger partial charge in [-0.15, -0.1) is 0 Å². The Labute approximate surface area is 166 Å². The van der Waals surface area contributed by atoms with Crippen LogP contribution in [-0.4, -0.2) is 40.8 Å². The van der Waals surface area contributed by atoms with E-state index in [0.29, 0.717) is 11.4 Å². The average Bonchev–Trinajstić information content (AvgIpc) is 2.67. The fourth-order valence-corrected chi connectivity index (χ4v) is 4.02. The summed E-state index contributed by atoms with van der Waals surface area (Å²) in [5.41, 5.74) is 1.28. The second-order valence-electron chi connectivity index (χ2n) is 6.44. The zero-order valence-corrected chi connectivity index (χ0v) is 17.5. The minimum atomic E-state index is -3.68. The standard InChI is InChI=1S/C20H26N2O5S/c1-14(16-6-10-18(26-3)11-7-16)21-20(23)15(2)22(28(5,24)25)17-8-12-19(27-4)13-9-17/h6-15H,1-5H3,(H,21,23). The largest absolute Gasteiger partial charge is 0.497 e. The molecule has 152 valence electrons. The van der Waals surface area contributed by atoms with Crippen molar-refractivity contribution in [1.82, 2.24) is 5.32 Å². The molecule has 8 heteroatoms. The lowest BCUT2D eigenvalue weighted by Crippen LogP contribution is -2.48. The normalized spacial score (nSPS) is 13.3. The maximum Gasteiger partial charge on any atom is 0.244 e. The molecule has 1 N–H and O–H groups in total. The van der Waals surface area contributed by atoms with Crippen LogP contribution in [0, 0.1) is 0 Å². The van der Waals surface area contributed by atoms with Crippen molar-refractivity contribution < 1.29 is 22.7 Å². The molecule has 0 aliphatic heterocycles. The molecule has 0 aliphatic carbocycles. The number of amides is 1. The highest BCUT2D eigenvalue weighted by Gasteiger charge is 2.29. The van der Waals surface area contributed by atoms with Gasteiger partial charge in [-0.2, -0.15) is 0 Å². The van der Waals surface area contributed by atoms with Crippen molar-refractivity contribution in [3.05, 3.63) is 54.1 Å². The maximum atomic E-state index is 12.8. The van der Waals surface area contributed by atoms with Crippen LogP contribution >= 0.6 is 0 Å². The lowest BCUT2D eigenvalue weighted by atomic mass is 10.1. The molecule has 2 aromatic carbocycles. The van der Waals surface area contributed by atoms with Gasteiger partial charge in [0, 0.05) is 0 Å². The number of hydrogen-bond acceptors (Lipinski definition) is 5. The van der Waals surface area contributed by atoms with Crippen molar-refractivity contribution in [2.45, 2.75) is 25.9 Å². The third-order valence-electron chi connectivity index (χ3n) is 4.39. The fourth-order valence-electron chi connectivity index (χ4n) is 2.85. The minimum absolute atomic E-state index is 0.293. The van der Waals surface area contributed by atoms with E-state index >= 15 is 0 Å². The quantitative estimate of drug-likeness (QED) is 0.729. The summed E-state index contributed by atoms with van der Waals surface area (Å²) in [6.07, 6.45) is 1.08. The van der Waals surface area contributed by atoms with Crippen LogP contribution in [0.25, 0.3) is 0 Å². The van der Waals surface area contributed by atoms with Gasteiger partial charge >= 0.3 is 0 Å². The predicted octanol–water partition coefficient (Wildman–Crippen LogP) is 2.74. The third-order valence-corrected chi connectivity index (χ3v) is 5.63. The number of nitrogens with one attached hydrogen (secondary N) is 1. The van der Waals surface area contributed by atoms with Crippen LogP contribution in [0.3, 0.4) is 0 Å². The molecule has 0 heterocycles. The molecule has 2 aromatic rings. The van der Waals surface area contributed by atoms with E-state index in [0.717, 1.165) is 21.9 Å². The van der Waals surface area contributed by atoms with Crippen molar-refractivity contribution >= 4 is 21.6 Å². The van der Waals surface area contributed by atoms with Gasteiger partial charge in [-0.1, -0.05) is 12.1 Å². The van der Waals surface area contributed by atoms with E-state index in [2.05, 4.69) is 5.32 Å². The van der Waals surface area contributed by atoms with Crippen LogP contribution in [0.5, 0.6) is 11.5 Å². The number of sulfonamides is 1. The molecule has 0 aromatic heterocycles. The zero-order chi connectivity index (χ0) is 20.9. The predicted molar refractivity (Wildman–Crippen MR) is 109 cm³/mol. The number of methoxy groups -OCH3 is 2. The Kier molecular flexibility index (Phi) is 6.90. The Balaban J connectivity index is 2.20. The molecule has 0 saturated carbocycles. The first-order valence-corrected chi connectivity index (χ1v) is 10.6. The summed E-state index contributed by atoms with van der Waals surface area (Å²) in [6.45, 7) is 3.39. The third kappa shape index (κ3) is 5.16. The van der Waals surface area contributed by atoms with E-state index in [1.54, 1.807) is 38.3 Å². The monoisotopic (exact) mass is 406 g/mol. The van der Waals surface area contributed by atoms with E-state index in [4.69, 9.17) is 9.47 Å². The first-order chi connectivity index (χ1) is 13.2. The van der Waals surface area contributed by atoms with Gasteiger partial charge < -0.3 is 14.8 Å². The molecule has 0 bridgehead atoms. The van der Waals surface area contributed by atoms with Gasteiger partial charge in [-0.05, 0) is 55.8 Å². The number of nitrogens with zero attached hydrogens (tertiary/aromatic N) is 1. The highest BCUT2D eigenvalue weighted by molar-refractivity contribution is 7.92. The molecule has 28 heavy (non-hydrogen) atoms. The molecular formula is C20H26N2O5S. The summed E-state index contributed by atoms with van der Waals surface area (Å²) in [5.74, 6) is 0.922. The van der Waals surface area contributed by atoms with Crippen LogP contribution in [0.1, 0.15) is 25.5 Å². The van der Waals surface area contributed by atoms with E-state index in [9.17, 15) is 13.2 Å². The molecule has 1 amide bonds. The highest BCUT2D eigenvalue weighted by Crippen LogP contribution is 2.24. The second-order valence-corrected chi connectivity index (χ2v) is 8.30. The van der Waals surface area contributed by atoms with Crippen molar-refractivity contribution in [1.29, 1.82) is 0 Å². The molecule has 2 rings (SSSR count). The molecule has 7 nitrogen and oxygen atoms in total. The summed E-state index contributed by atoms with van der Waals surface area (Å²) in [7, 11) is -0.564. The van der Waals surface area contributed by atoms with Crippen molar-refractivity contribution in [2.75, 3.05) is 24.8 Å². The summed E-state index contributed by atoms with van der Waals surface area (Å²) < 4.78 is 36.1. The lowest BCUT2D eigenvalue weighted by Gasteiger charge is -2.29. The van der Waals surface area contributed by atoms with Gasteiger partial charge in [0.15, 0.2) is 0 Å². The fraction of sp³-hybridized carbons (Fsp3) is 0.350. The molecule has 0 saturated heterocycles.